The lowest BCUT2D eigenvalue weighted by Crippen LogP contribution is -2.40. The normalized spacial score (nSPS) is 12.6. The molecular weight excluding hydrogens is 384 g/mol. The van der Waals surface area contributed by atoms with Crippen molar-refractivity contribution in [3.8, 4) is 5.95 Å². The van der Waals surface area contributed by atoms with Gasteiger partial charge in [0.05, 0.1) is 18.8 Å². The molecule has 1 aromatic carbocycles. The molecule has 3 aromatic rings. The number of amides is 2. The lowest BCUT2D eigenvalue weighted by atomic mass is 10.2. The number of rotatable bonds is 7. The van der Waals surface area contributed by atoms with E-state index in [0.717, 1.165) is 11.3 Å². The summed E-state index contributed by atoms with van der Waals surface area (Å²) in [6, 6.07) is 11.4. The van der Waals surface area contributed by atoms with Gasteiger partial charge in [0.2, 0.25) is 12.7 Å². The summed E-state index contributed by atoms with van der Waals surface area (Å²) in [4.78, 5) is 27.6. The first-order valence-corrected chi connectivity index (χ1v) is 9.50. The predicted molar refractivity (Wildman–Crippen MR) is 108 cm³/mol. The van der Waals surface area contributed by atoms with E-state index in [1.807, 2.05) is 43.3 Å². The van der Waals surface area contributed by atoms with E-state index >= 15 is 0 Å². The van der Waals surface area contributed by atoms with Crippen molar-refractivity contribution in [2.24, 2.45) is 0 Å². The van der Waals surface area contributed by atoms with E-state index in [0.29, 0.717) is 30.5 Å². The third-order valence-electron chi connectivity index (χ3n) is 4.43. The Bertz CT molecular complexity index is 1020. The Balaban J connectivity index is 1.45. The zero-order chi connectivity index (χ0) is 20.8. The Morgan fingerprint density at radius 3 is 2.83 bits per heavy atom. The van der Waals surface area contributed by atoms with Gasteiger partial charge in [0.15, 0.2) is 5.76 Å². The first kappa shape index (κ1) is 19.4. The lowest BCUT2D eigenvalue weighted by molar-refractivity contribution is 0.0737. The summed E-state index contributed by atoms with van der Waals surface area (Å²) in [5, 5.41) is 2.94. The van der Waals surface area contributed by atoms with Crippen molar-refractivity contribution in [2.75, 3.05) is 13.3 Å². The Kier molecular flexibility index (Phi) is 5.88. The molecule has 0 saturated heterocycles. The van der Waals surface area contributed by atoms with Crippen LogP contribution in [0.3, 0.4) is 0 Å². The highest BCUT2D eigenvalue weighted by atomic mass is 16.7. The molecule has 154 valence electrons. The number of aryl methyl sites for hydroxylation is 1. The minimum absolute atomic E-state index is 0.174. The summed E-state index contributed by atoms with van der Waals surface area (Å²) >= 11 is 0. The van der Waals surface area contributed by atoms with Crippen molar-refractivity contribution in [3.05, 3.63) is 84.1 Å². The van der Waals surface area contributed by atoms with E-state index in [4.69, 9.17) is 9.47 Å². The van der Waals surface area contributed by atoms with Crippen molar-refractivity contribution in [3.63, 3.8) is 0 Å². The molecule has 0 fully saturated rings. The summed E-state index contributed by atoms with van der Waals surface area (Å²) in [5.41, 5.74) is 2.53. The van der Waals surface area contributed by atoms with Gasteiger partial charge in [0.1, 0.15) is 12.6 Å². The van der Waals surface area contributed by atoms with Crippen LogP contribution >= 0.6 is 0 Å². The number of nitrogens with one attached hydrogen (secondary N) is 1. The summed E-state index contributed by atoms with van der Waals surface area (Å²) in [6.07, 6.45) is 6.61. The van der Waals surface area contributed by atoms with Crippen LogP contribution in [0.2, 0.25) is 0 Å². The van der Waals surface area contributed by atoms with E-state index in [2.05, 4.69) is 20.3 Å². The summed E-state index contributed by atoms with van der Waals surface area (Å²) in [6.45, 7) is 3.08. The van der Waals surface area contributed by atoms with Crippen LogP contribution < -0.4 is 5.32 Å². The Labute approximate surface area is 174 Å². The van der Waals surface area contributed by atoms with Crippen LogP contribution in [-0.4, -0.2) is 43.8 Å². The number of carbonyl (C=O) groups is 1. The number of aromatic nitrogens is 4. The molecule has 2 amide bonds. The standard InChI is InChI=1S/C21H22N6O3/c1-16-9-18(25-20(24-16)26-8-7-22-14-26)10-23-21(28)27(12-19-13-29-15-30-19)11-17-5-3-2-4-6-17/h2-9,13-14H,10-12,15H2,1H3,(H,23,28). The largest absolute Gasteiger partial charge is 0.462 e. The van der Waals surface area contributed by atoms with E-state index in [1.54, 1.807) is 28.2 Å². The molecule has 9 nitrogen and oxygen atoms in total. The van der Waals surface area contributed by atoms with Crippen LogP contribution in [-0.2, 0) is 22.6 Å². The van der Waals surface area contributed by atoms with E-state index in [1.165, 1.54) is 6.26 Å². The molecule has 0 saturated carbocycles. The molecule has 2 aromatic heterocycles. The van der Waals surface area contributed by atoms with Crippen LogP contribution in [0.25, 0.3) is 5.95 Å². The topological polar surface area (TPSA) is 94.4 Å². The second-order valence-electron chi connectivity index (χ2n) is 6.78. The molecule has 1 aliphatic rings. The van der Waals surface area contributed by atoms with Crippen molar-refractivity contribution in [2.45, 2.75) is 20.0 Å². The van der Waals surface area contributed by atoms with Gasteiger partial charge < -0.3 is 19.7 Å². The van der Waals surface area contributed by atoms with Gasteiger partial charge in [0.25, 0.3) is 0 Å². The number of hydrogen-bond acceptors (Lipinski definition) is 6. The van der Waals surface area contributed by atoms with Crippen LogP contribution in [0, 0.1) is 6.92 Å². The third-order valence-corrected chi connectivity index (χ3v) is 4.43. The van der Waals surface area contributed by atoms with Crippen molar-refractivity contribution in [1.29, 1.82) is 0 Å². The molecule has 9 heteroatoms. The van der Waals surface area contributed by atoms with Crippen LogP contribution in [0.4, 0.5) is 4.79 Å². The van der Waals surface area contributed by atoms with Gasteiger partial charge >= 0.3 is 6.03 Å². The summed E-state index contributed by atoms with van der Waals surface area (Å²) in [5.74, 6) is 1.13. The first-order valence-electron chi connectivity index (χ1n) is 9.50. The Hall–Kier alpha value is -3.88. The minimum Gasteiger partial charge on any atom is -0.462 e. The zero-order valence-electron chi connectivity index (χ0n) is 16.6. The molecule has 0 aliphatic carbocycles. The highest BCUT2D eigenvalue weighted by Crippen LogP contribution is 2.13. The highest BCUT2D eigenvalue weighted by molar-refractivity contribution is 5.74. The van der Waals surface area contributed by atoms with E-state index in [-0.39, 0.29) is 19.4 Å². The quantitative estimate of drug-likeness (QED) is 0.648. The average molecular weight is 406 g/mol. The fourth-order valence-electron chi connectivity index (χ4n) is 3.02. The molecule has 0 bridgehead atoms. The van der Waals surface area contributed by atoms with Gasteiger partial charge in [-0.3, -0.25) is 4.57 Å². The first-order chi connectivity index (χ1) is 14.7. The molecule has 0 radical (unpaired) electrons. The van der Waals surface area contributed by atoms with Crippen molar-refractivity contribution in [1.82, 2.24) is 29.7 Å². The summed E-state index contributed by atoms with van der Waals surface area (Å²) in [7, 11) is 0. The number of imidazole rings is 1. The molecule has 0 spiro atoms. The maximum absolute atomic E-state index is 12.9. The average Bonchev–Trinajstić information content (AvgIpc) is 3.46. The van der Waals surface area contributed by atoms with Crippen LogP contribution in [0.5, 0.6) is 0 Å². The predicted octanol–water partition coefficient (Wildman–Crippen LogP) is 2.53. The fourth-order valence-corrected chi connectivity index (χ4v) is 3.02. The molecule has 0 unspecified atom stereocenters. The maximum Gasteiger partial charge on any atom is 0.318 e. The van der Waals surface area contributed by atoms with Gasteiger partial charge in [-0.05, 0) is 18.6 Å². The molecule has 3 heterocycles. The van der Waals surface area contributed by atoms with Crippen LogP contribution in [0.1, 0.15) is 17.0 Å². The highest BCUT2D eigenvalue weighted by Gasteiger charge is 2.19. The van der Waals surface area contributed by atoms with Gasteiger partial charge in [-0.2, -0.15) is 0 Å². The summed E-state index contributed by atoms with van der Waals surface area (Å²) < 4.78 is 12.2. The fraction of sp³-hybridized carbons (Fsp3) is 0.238. The zero-order valence-corrected chi connectivity index (χ0v) is 16.6. The molecule has 1 aliphatic heterocycles. The van der Waals surface area contributed by atoms with Gasteiger partial charge in [0, 0.05) is 24.6 Å². The minimum atomic E-state index is -0.226. The number of ether oxygens (including phenoxy) is 2. The number of nitrogens with zero attached hydrogens (tertiary/aromatic N) is 5. The monoisotopic (exact) mass is 406 g/mol. The molecule has 0 atom stereocenters. The van der Waals surface area contributed by atoms with Gasteiger partial charge in [-0.15, -0.1) is 0 Å². The van der Waals surface area contributed by atoms with Crippen molar-refractivity contribution < 1.29 is 14.3 Å². The third kappa shape index (κ3) is 4.93. The van der Waals surface area contributed by atoms with Gasteiger partial charge in [-0.1, -0.05) is 30.3 Å². The van der Waals surface area contributed by atoms with Crippen LogP contribution in [0.15, 0.2) is 67.1 Å². The van der Waals surface area contributed by atoms with Crippen molar-refractivity contribution >= 4 is 6.03 Å². The number of benzene rings is 1. The Morgan fingerprint density at radius 2 is 2.10 bits per heavy atom. The molecule has 30 heavy (non-hydrogen) atoms. The van der Waals surface area contributed by atoms with E-state index < -0.39 is 0 Å². The smallest absolute Gasteiger partial charge is 0.318 e. The second-order valence-corrected chi connectivity index (χ2v) is 6.78. The maximum atomic E-state index is 12.9. The second kappa shape index (κ2) is 9.08. The molecule has 1 N–H and O–H groups in total. The van der Waals surface area contributed by atoms with E-state index in [9.17, 15) is 4.79 Å². The number of hydrogen-bond donors (Lipinski definition) is 1. The SMILES string of the molecule is Cc1cc(CNC(=O)N(CC2=COCO2)Cc2ccccc2)nc(-n2ccnc2)n1. The molecular formula is C21H22N6O3. The number of urea groups is 1. The Morgan fingerprint density at radius 1 is 1.23 bits per heavy atom. The lowest BCUT2D eigenvalue weighted by Gasteiger charge is -2.23. The number of carbonyl (C=O) groups excluding carboxylic acids is 1. The van der Waals surface area contributed by atoms with Gasteiger partial charge in [-0.25, -0.2) is 19.7 Å². The molecule has 4 rings (SSSR count).